The SMILES string of the molecule is O=c1c(Cc2ccccc2)c(O)c(/C=N\OCc2cccc(Cl)c2)cn1CCc1cnc[nH]1. The number of hydrogen-bond donors (Lipinski definition) is 2. The van der Waals surface area contributed by atoms with Gasteiger partial charge in [-0.3, -0.25) is 4.79 Å². The molecule has 7 nitrogen and oxygen atoms in total. The Kier molecular flexibility index (Phi) is 7.22. The van der Waals surface area contributed by atoms with E-state index in [2.05, 4.69) is 15.1 Å². The third kappa shape index (κ3) is 5.90. The predicted molar refractivity (Wildman–Crippen MR) is 128 cm³/mol. The summed E-state index contributed by atoms with van der Waals surface area (Å²) in [6, 6.07) is 16.8. The van der Waals surface area contributed by atoms with Crippen LogP contribution in [-0.2, 0) is 30.8 Å². The average molecular weight is 463 g/mol. The van der Waals surface area contributed by atoms with Gasteiger partial charge in [0.2, 0.25) is 0 Å². The molecular weight excluding hydrogens is 440 g/mol. The topological polar surface area (TPSA) is 92.5 Å². The second kappa shape index (κ2) is 10.7. The van der Waals surface area contributed by atoms with Crippen molar-refractivity contribution < 1.29 is 9.94 Å². The van der Waals surface area contributed by atoms with Gasteiger partial charge in [0.25, 0.3) is 5.56 Å². The van der Waals surface area contributed by atoms with E-state index in [9.17, 15) is 9.90 Å². The van der Waals surface area contributed by atoms with E-state index in [-0.39, 0.29) is 17.9 Å². The summed E-state index contributed by atoms with van der Waals surface area (Å²) in [5.41, 5.74) is 3.18. The second-order valence-electron chi connectivity index (χ2n) is 7.54. The van der Waals surface area contributed by atoms with Gasteiger partial charge in [-0.2, -0.15) is 0 Å². The van der Waals surface area contributed by atoms with E-state index in [0.29, 0.717) is 35.5 Å². The number of H-pyrrole nitrogens is 1. The normalized spacial score (nSPS) is 11.2. The van der Waals surface area contributed by atoms with Crippen molar-refractivity contribution in [3.05, 3.63) is 117 Å². The highest BCUT2D eigenvalue weighted by atomic mass is 35.5. The number of nitrogens with one attached hydrogen (secondary N) is 1. The highest BCUT2D eigenvalue weighted by Crippen LogP contribution is 2.21. The van der Waals surface area contributed by atoms with Gasteiger partial charge < -0.3 is 19.5 Å². The number of aromatic nitrogens is 3. The largest absolute Gasteiger partial charge is 0.507 e. The number of imidazole rings is 1. The molecule has 0 aliphatic heterocycles. The molecule has 2 aromatic carbocycles. The maximum atomic E-state index is 13.1. The zero-order valence-electron chi connectivity index (χ0n) is 17.8. The molecule has 2 aromatic heterocycles. The molecule has 4 rings (SSSR count). The molecule has 0 bridgehead atoms. The second-order valence-corrected chi connectivity index (χ2v) is 7.97. The molecule has 8 heteroatoms. The lowest BCUT2D eigenvalue weighted by Gasteiger charge is -2.13. The number of aryl methyl sites for hydroxylation is 2. The van der Waals surface area contributed by atoms with E-state index in [1.807, 2.05) is 42.5 Å². The monoisotopic (exact) mass is 462 g/mol. The van der Waals surface area contributed by atoms with Gasteiger partial charge >= 0.3 is 0 Å². The molecule has 0 atom stereocenters. The summed E-state index contributed by atoms with van der Waals surface area (Å²) < 4.78 is 1.58. The third-order valence-electron chi connectivity index (χ3n) is 5.16. The Balaban J connectivity index is 1.59. The van der Waals surface area contributed by atoms with Crippen LogP contribution in [0.3, 0.4) is 0 Å². The maximum Gasteiger partial charge on any atom is 0.257 e. The lowest BCUT2D eigenvalue weighted by molar-refractivity contribution is 0.132. The molecule has 0 aliphatic carbocycles. The molecule has 168 valence electrons. The molecule has 2 heterocycles. The van der Waals surface area contributed by atoms with E-state index in [1.165, 1.54) is 6.21 Å². The minimum absolute atomic E-state index is 0.100. The van der Waals surface area contributed by atoms with Crippen LogP contribution in [0.4, 0.5) is 0 Å². The molecular formula is C25H23ClN4O3. The standard InChI is InChI=1S/C25H23ClN4O3/c26-21-8-4-7-19(11-21)16-33-29-13-20-15-30(10-9-22-14-27-17-28-22)25(32)23(24(20)31)12-18-5-2-1-3-6-18/h1-8,11,13-15,17,31H,9-10,12,16H2,(H,27,28)/b29-13-. The number of benzene rings is 2. The van der Waals surface area contributed by atoms with E-state index in [1.54, 1.807) is 35.4 Å². The van der Waals surface area contributed by atoms with Crippen LogP contribution in [0.2, 0.25) is 5.02 Å². The predicted octanol–water partition coefficient (Wildman–Crippen LogP) is 4.31. The van der Waals surface area contributed by atoms with Gasteiger partial charge in [0.1, 0.15) is 12.4 Å². The fourth-order valence-corrected chi connectivity index (χ4v) is 3.66. The van der Waals surface area contributed by atoms with Gasteiger partial charge in [0, 0.05) is 42.5 Å². The van der Waals surface area contributed by atoms with Crippen molar-refractivity contribution in [1.82, 2.24) is 14.5 Å². The van der Waals surface area contributed by atoms with Crippen molar-refractivity contribution in [2.75, 3.05) is 0 Å². The van der Waals surface area contributed by atoms with Gasteiger partial charge in [-0.1, -0.05) is 59.2 Å². The van der Waals surface area contributed by atoms with E-state index in [0.717, 1.165) is 16.8 Å². The Labute approximate surface area is 196 Å². The Hall–Kier alpha value is -3.84. The molecule has 0 amide bonds. The molecule has 33 heavy (non-hydrogen) atoms. The van der Waals surface area contributed by atoms with Gasteiger partial charge in [-0.25, -0.2) is 4.98 Å². The zero-order valence-corrected chi connectivity index (χ0v) is 18.6. The van der Waals surface area contributed by atoms with Gasteiger partial charge in [0.05, 0.1) is 23.7 Å². The van der Waals surface area contributed by atoms with Crippen molar-refractivity contribution in [2.24, 2.45) is 5.16 Å². The van der Waals surface area contributed by atoms with Crippen LogP contribution < -0.4 is 5.56 Å². The number of halogens is 1. The first-order valence-electron chi connectivity index (χ1n) is 10.5. The third-order valence-corrected chi connectivity index (χ3v) is 5.40. The quantitative estimate of drug-likeness (QED) is 0.286. The molecule has 2 N–H and O–H groups in total. The summed E-state index contributed by atoms with van der Waals surface area (Å²) in [5.74, 6) is -0.100. The average Bonchev–Trinajstić information content (AvgIpc) is 3.34. The van der Waals surface area contributed by atoms with Crippen LogP contribution in [0.25, 0.3) is 0 Å². The number of oxime groups is 1. The number of aromatic hydroxyl groups is 1. The minimum atomic E-state index is -0.243. The first-order valence-corrected chi connectivity index (χ1v) is 10.8. The first-order chi connectivity index (χ1) is 16.1. The summed E-state index contributed by atoms with van der Waals surface area (Å²) in [6.07, 6.45) is 7.24. The summed E-state index contributed by atoms with van der Waals surface area (Å²) in [5, 5.41) is 15.5. The van der Waals surface area contributed by atoms with E-state index >= 15 is 0 Å². The molecule has 0 unspecified atom stereocenters. The van der Waals surface area contributed by atoms with Crippen molar-refractivity contribution in [3.63, 3.8) is 0 Å². The molecule has 0 radical (unpaired) electrons. The summed E-state index contributed by atoms with van der Waals surface area (Å²) in [4.78, 5) is 25.6. The van der Waals surface area contributed by atoms with Crippen molar-refractivity contribution in [3.8, 4) is 5.75 Å². The van der Waals surface area contributed by atoms with Crippen LogP contribution in [0, 0.1) is 0 Å². The molecule has 0 saturated heterocycles. The van der Waals surface area contributed by atoms with E-state index < -0.39 is 0 Å². The fourth-order valence-electron chi connectivity index (χ4n) is 3.45. The van der Waals surface area contributed by atoms with Crippen LogP contribution in [0.1, 0.15) is 27.9 Å². The minimum Gasteiger partial charge on any atom is -0.507 e. The van der Waals surface area contributed by atoms with Crippen LogP contribution in [0.5, 0.6) is 5.75 Å². The van der Waals surface area contributed by atoms with Crippen molar-refractivity contribution in [2.45, 2.75) is 26.0 Å². The Bertz CT molecular complexity index is 1290. The smallest absolute Gasteiger partial charge is 0.257 e. The molecule has 4 aromatic rings. The summed E-state index contributed by atoms with van der Waals surface area (Å²) >= 11 is 5.99. The maximum absolute atomic E-state index is 13.1. The van der Waals surface area contributed by atoms with Gasteiger partial charge in [0.15, 0.2) is 0 Å². The van der Waals surface area contributed by atoms with Crippen molar-refractivity contribution >= 4 is 17.8 Å². The van der Waals surface area contributed by atoms with Crippen LogP contribution in [-0.4, -0.2) is 25.9 Å². The van der Waals surface area contributed by atoms with Crippen LogP contribution >= 0.6 is 11.6 Å². The molecule has 0 fully saturated rings. The Morgan fingerprint density at radius 2 is 1.97 bits per heavy atom. The zero-order chi connectivity index (χ0) is 23.0. The highest BCUT2D eigenvalue weighted by molar-refractivity contribution is 6.30. The summed E-state index contributed by atoms with van der Waals surface area (Å²) in [6.45, 7) is 0.654. The fraction of sp³-hybridized carbons (Fsp3) is 0.160. The number of hydrogen-bond acceptors (Lipinski definition) is 5. The van der Waals surface area contributed by atoms with Gasteiger partial charge in [-0.05, 0) is 23.3 Å². The Morgan fingerprint density at radius 1 is 1.15 bits per heavy atom. The Morgan fingerprint density at radius 3 is 2.73 bits per heavy atom. The van der Waals surface area contributed by atoms with Crippen molar-refractivity contribution in [1.29, 1.82) is 0 Å². The molecule has 0 saturated carbocycles. The van der Waals surface area contributed by atoms with Crippen LogP contribution in [0.15, 0.2) is 83.3 Å². The molecule has 0 spiro atoms. The number of nitrogens with zero attached hydrogens (tertiary/aromatic N) is 3. The number of pyridine rings is 1. The highest BCUT2D eigenvalue weighted by Gasteiger charge is 2.15. The number of rotatable bonds is 9. The number of aromatic amines is 1. The summed E-state index contributed by atoms with van der Waals surface area (Å²) in [7, 11) is 0. The molecule has 0 aliphatic rings. The lowest BCUT2D eigenvalue weighted by Crippen LogP contribution is -2.25. The van der Waals surface area contributed by atoms with E-state index in [4.69, 9.17) is 16.4 Å². The van der Waals surface area contributed by atoms with Gasteiger partial charge in [-0.15, -0.1) is 0 Å². The lowest BCUT2D eigenvalue weighted by atomic mass is 10.0. The first kappa shape index (κ1) is 22.4.